The Kier molecular flexibility index (Phi) is 6.43. The maximum atomic E-state index is 5.24. The van der Waals surface area contributed by atoms with Gasteiger partial charge >= 0.3 is 0 Å². The van der Waals surface area contributed by atoms with Gasteiger partial charge in [0.2, 0.25) is 0 Å². The number of allylic oxidation sites excluding steroid dienone is 1. The third-order valence-corrected chi connectivity index (χ3v) is 1.16. The van der Waals surface area contributed by atoms with Crippen molar-refractivity contribution in [1.29, 1.82) is 0 Å². The van der Waals surface area contributed by atoms with Gasteiger partial charge in [-0.25, -0.2) is 0 Å². The molecule has 0 aliphatic carbocycles. The molecule has 0 heterocycles. The largest absolute Gasteiger partial charge is 0.375 e. The van der Waals surface area contributed by atoms with Crippen LogP contribution in [0.1, 0.15) is 13.8 Å². The summed E-state index contributed by atoms with van der Waals surface area (Å²) in [5, 5.41) is 0.911. The Hall–Kier alpha value is 0.180. The Morgan fingerprint density at radius 1 is 1.44 bits per heavy atom. The third-order valence-electron chi connectivity index (χ3n) is 0.782. The molecule has 0 atom stereocenters. The van der Waals surface area contributed by atoms with E-state index in [4.69, 9.17) is 4.74 Å². The molecule has 0 radical (unpaired) electrons. The summed E-state index contributed by atoms with van der Waals surface area (Å²) < 4.78 is 5.24. The molecule has 1 nitrogen and oxygen atoms in total. The molecule has 54 valence electrons. The van der Waals surface area contributed by atoms with Crippen molar-refractivity contribution in [3.05, 3.63) is 12.2 Å². The lowest BCUT2D eigenvalue weighted by Crippen LogP contribution is -2.01. The third kappa shape index (κ3) is 8.18. The van der Waals surface area contributed by atoms with Crippen LogP contribution in [0.5, 0.6) is 0 Å². The molecule has 0 saturated heterocycles. The minimum Gasteiger partial charge on any atom is -0.375 e. The maximum Gasteiger partial charge on any atom is 0.0651 e. The van der Waals surface area contributed by atoms with E-state index < -0.39 is 0 Å². The van der Waals surface area contributed by atoms with Crippen molar-refractivity contribution in [2.75, 3.05) is 11.9 Å². The van der Waals surface area contributed by atoms with Crippen LogP contribution >= 0.6 is 15.9 Å². The minimum absolute atomic E-state index is 0.338. The molecule has 0 aromatic rings. The minimum atomic E-state index is 0.338. The molecule has 0 rings (SSSR count). The molecule has 0 spiro atoms. The summed E-state index contributed by atoms with van der Waals surface area (Å²) in [6, 6.07) is 0. The normalized spacial score (nSPS) is 11.6. The first-order valence-corrected chi connectivity index (χ1v) is 4.22. The molecular weight excluding hydrogens is 180 g/mol. The van der Waals surface area contributed by atoms with Gasteiger partial charge in [-0.1, -0.05) is 28.1 Å². The van der Waals surface area contributed by atoms with Gasteiger partial charge < -0.3 is 4.74 Å². The highest BCUT2D eigenvalue weighted by atomic mass is 79.9. The molecular formula is C7H13BrO. The van der Waals surface area contributed by atoms with Crippen LogP contribution in [-0.4, -0.2) is 18.0 Å². The lowest BCUT2D eigenvalue weighted by atomic mass is 10.5. The van der Waals surface area contributed by atoms with Crippen LogP contribution in [0.4, 0.5) is 0 Å². The fourth-order valence-electron chi connectivity index (χ4n) is 0.379. The van der Waals surface area contributed by atoms with Gasteiger partial charge in [0.05, 0.1) is 12.7 Å². The monoisotopic (exact) mass is 192 g/mol. The first-order chi connectivity index (χ1) is 4.27. The van der Waals surface area contributed by atoms with Gasteiger partial charge in [0.1, 0.15) is 0 Å². The van der Waals surface area contributed by atoms with Crippen LogP contribution in [0.3, 0.4) is 0 Å². The van der Waals surface area contributed by atoms with Crippen molar-refractivity contribution >= 4 is 15.9 Å². The second-order valence-electron chi connectivity index (χ2n) is 2.01. The second-order valence-corrected chi connectivity index (χ2v) is 2.66. The predicted molar refractivity (Wildman–Crippen MR) is 44.0 cm³/mol. The van der Waals surface area contributed by atoms with E-state index in [1.165, 1.54) is 0 Å². The fourth-order valence-corrected chi connectivity index (χ4v) is 0.643. The van der Waals surface area contributed by atoms with Crippen molar-refractivity contribution < 1.29 is 4.74 Å². The number of rotatable bonds is 4. The standard InChI is InChI=1S/C7H13BrO/c1-7(2)9-6-4-3-5-8/h3-4,7H,5-6H2,1-2H3/b4-3-. The average molecular weight is 193 g/mol. The molecule has 2 heteroatoms. The molecule has 0 fully saturated rings. The van der Waals surface area contributed by atoms with Gasteiger partial charge in [0.25, 0.3) is 0 Å². The summed E-state index contributed by atoms with van der Waals surface area (Å²) in [5.74, 6) is 0. The van der Waals surface area contributed by atoms with Crippen molar-refractivity contribution in [3.8, 4) is 0 Å². The van der Waals surface area contributed by atoms with Gasteiger partial charge in [-0.05, 0) is 13.8 Å². The van der Waals surface area contributed by atoms with Crippen LogP contribution in [0.2, 0.25) is 0 Å². The van der Waals surface area contributed by atoms with E-state index in [-0.39, 0.29) is 0 Å². The molecule has 0 N–H and O–H groups in total. The van der Waals surface area contributed by atoms with E-state index >= 15 is 0 Å². The number of hydrogen-bond donors (Lipinski definition) is 0. The summed E-state index contributed by atoms with van der Waals surface area (Å²) in [6.45, 7) is 4.78. The Morgan fingerprint density at radius 3 is 2.56 bits per heavy atom. The van der Waals surface area contributed by atoms with Crippen molar-refractivity contribution in [2.45, 2.75) is 20.0 Å². The summed E-state index contributed by atoms with van der Waals surface area (Å²) >= 11 is 3.27. The molecule has 0 aliphatic heterocycles. The van der Waals surface area contributed by atoms with E-state index in [0.29, 0.717) is 6.10 Å². The quantitative estimate of drug-likeness (QED) is 0.492. The lowest BCUT2D eigenvalue weighted by Gasteiger charge is -2.01. The number of hydrogen-bond acceptors (Lipinski definition) is 1. The van der Waals surface area contributed by atoms with Crippen LogP contribution in [0, 0.1) is 0 Å². The van der Waals surface area contributed by atoms with Crippen molar-refractivity contribution in [3.63, 3.8) is 0 Å². The zero-order chi connectivity index (χ0) is 7.11. The highest BCUT2D eigenvalue weighted by Gasteiger charge is 1.86. The molecule has 0 unspecified atom stereocenters. The molecule has 0 bridgehead atoms. The van der Waals surface area contributed by atoms with E-state index in [1.807, 2.05) is 26.0 Å². The van der Waals surface area contributed by atoms with E-state index in [1.54, 1.807) is 0 Å². The van der Waals surface area contributed by atoms with Crippen LogP contribution in [-0.2, 0) is 4.74 Å². The summed E-state index contributed by atoms with van der Waals surface area (Å²) in [5.41, 5.74) is 0. The summed E-state index contributed by atoms with van der Waals surface area (Å²) in [4.78, 5) is 0. The SMILES string of the molecule is CC(C)OC/C=C\CBr. The number of halogens is 1. The van der Waals surface area contributed by atoms with Crippen molar-refractivity contribution in [1.82, 2.24) is 0 Å². The fraction of sp³-hybridized carbons (Fsp3) is 0.714. The number of ether oxygens (including phenoxy) is 1. The molecule has 9 heavy (non-hydrogen) atoms. The highest BCUT2D eigenvalue weighted by molar-refractivity contribution is 9.09. The van der Waals surface area contributed by atoms with Gasteiger partial charge in [0, 0.05) is 5.33 Å². The van der Waals surface area contributed by atoms with E-state index in [2.05, 4.69) is 15.9 Å². The molecule has 0 amide bonds. The lowest BCUT2D eigenvalue weighted by molar-refractivity contribution is 0.102. The Morgan fingerprint density at radius 2 is 2.11 bits per heavy atom. The summed E-state index contributed by atoms with van der Waals surface area (Å²) in [6.07, 6.45) is 4.38. The first kappa shape index (κ1) is 9.18. The molecule has 0 aromatic carbocycles. The van der Waals surface area contributed by atoms with Gasteiger partial charge in [-0.15, -0.1) is 0 Å². The van der Waals surface area contributed by atoms with E-state index in [0.717, 1.165) is 11.9 Å². The zero-order valence-electron chi connectivity index (χ0n) is 5.93. The molecule has 0 aromatic heterocycles. The van der Waals surface area contributed by atoms with Crippen LogP contribution in [0.15, 0.2) is 12.2 Å². The highest BCUT2D eigenvalue weighted by Crippen LogP contribution is 1.88. The average Bonchev–Trinajstić information content (AvgIpc) is 1.80. The Labute approximate surface area is 65.2 Å². The zero-order valence-corrected chi connectivity index (χ0v) is 7.52. The first-order valence-electron chi connectivity index (χ1n) is 3.10. The van der Waals surface area contributed by atoms with E-state index in [9.17, 15) is 0 Å². The Balaban J connectivity index is 2.99. The smallest absolute Gasteiger partial charge is 0.0651 e. The number of alkyl halides is 1. The van der Waals surface area contributed by atoms with Crippen molar-refractivity contribution in [2.24, 2.45) is 0 Å². The van der Waals surface area contributed by atoms with Gasteiger partial charge in [-0.2, -0.15) is 0 Å². The molecule has 0 aliphatic rings. The van der Waals surface area contributed by atoms with Crippen LogP contribution < -0.4 is 0 Å². The second kappa shape index (κ2) is 6.30. The van der Waals surface area contributed by atoms with Crippen LogP contribution in [0.25, 0.3) is 0 Å². The predicted octanol–water partition coefficient (Wildman–Crippen LogP) is 2.36. The maximum absolute atomic E-state index is 5.24. The Bertz CT molecular complexity index is 79.0. The van der Waals surface area contributed by atoms with Gasteiger partial charge in [-0.3, -0.25) is 0 Å². The van der Waals surface area contributed by atoms with Gasteiger partial charge in [0.15, 0.2) is 0 Å². The molecule has 0 saturated carbocycles. The summed E-state index contributed by atoms with van der Waals surface area (Å²) in [7, 11) is 0. The topological polar surface area (TPSA) is 9.23 Å².